The highest BCUT2D eigenvalue weighted by molar-refractivity contribution is 14.1. The van der Waals surface area contributed by atoms with Gasteiger partial charge in [0.2, 0.25) is 0 Å². The highest BCUT2D eigenvalue weighted by Crippen LogP contribution is 2.15. The highest BCUT2D eigenvalue weighted by atomic mass is 127. The molecule has 0 heterocycles. The van der Waals surface area contributed by atoms with E-state index < -0.39 is 0 Å². The average molecular weight is 343 g/mol. The number of hydrogen-bond donors (Lipinski definition) is 0. The van der Waals surface area contributed by atoms with Gasteiger partial charge in [0.05, 0.1) is 0 Å². The minimum Gasteiger partial charge on any atom is -0.207 e. The molecule has 0 saturated heterocycles. The number of aryl methyl sites for hydroxylation is 1. The Hall–Kier alpha value is 0.360. The van der Waals surface area contributed by atoms with Gasteiger partial charge in [-0.25, -0.2) is 4.39 Å². The molecule has 3 heteroatoms. The molecule has 0 spiro atoms. The molecule has 0 aliphatic rings. The van der Waals surface area contributed by atoms with Crippen molar-refractivity contribution in [3.63, 3.8) is 0 Å². The van der Waals surface area contributed by atoms with Crippen molar-refractivity contribution in [2.75, 3.05) is 5.33 Å². The molecule has 0 aromatic heterocycles. The normalized spacial score (nSPS) is 10.2. The second kappa shape index (κ2) is 5.17. The van der Waals surface area contributed by atoms with Crippen molar-refractivity contribution >= 4 is 38.5 Å². The Morgan fingerprint density at radius 3 is 2.83 bits per heavy atom. The summed E-state index contributed by atoms with van der Waals surface area (Å²) in [6.07, 6.45) is 2.00. The quantitative estimate of drug-likeness (QED) is 0.579. The summed E-state index contributed by atoms with van der Waals surface area (Å²) < 4.78 is 13.9. The maximum atomic E-state index is 12.8. The molecular formula is C9H9BrFI. The van der Waals surface area contributed by atoms with Crippen LogP contribution in [0.4, 0.5) is 4.39 Å². The molecule has 1 rings (SSSR count). The third-order valence-corrected chi connectivity index (χ3v) is 3.20. The molecule has 0 radical (unpaired) electrons. The van der Waals surface area contributed by atoms with Gasteiger partial charge in [-0.2, -0.15) is 0 Å². The van der Waals surface area contributed by atoms with Gasteiger partial charge in [0.1, 0.15) is 5.82 Å². The Morgan fingerprint density at radius 2 is 2.17 bits per heavy atom. The Morgan fingerprint density at radius 1 is 1.42 bits per heavy atom. The van der Waals surface area contributed by atoms with Crippen molar-refractivity contribution in [3.05, 3.63) is 33.1 Å². The fraction of sp³-hybridized carbons (Fsp3) is 0.333. The van der Waals surface area contributed by atoms with Crippen LogP contribution in [0, 0.1) is 9.39 Å². The molecule has 1 aromatic carbocycles. The molecule has 12 heavy (non-hydrogen) atoms. The highest BCUT2D eigenvalue weighted by Gasteiger charge is 2.00. The molecule has 0 saturated carbocycles. The zero-order chi connectivity index (χ0) is 8.97. The molecule has 0 unspecified atom stereocenters. The van der Waals surface area contributed by atoms with Crippen LogP contribution < -0.4 is 0 Å². The van der Waals surface area contributed by atoms with Crippen molar-refractivity contribution in [2.24, 2.45) is 0 Å². The van der Waals surface area contributed by atoms with E-state index in [0.717, 1.165) is 27.3 Å². The van der Waals surface area contributed by atoms with Gasteiger partial charge in [0, 0.05) is 8.90 Å². The lowest BCUT2D eigenvalue weighted by molar-refractivity contribution is 0.624. The third kappa shape index (κ3) is 3.01. The van der Waals surface area contributed by atoms with Gasteiger partial charge in [-0.3, -0.25) is 0 Å². The standard InChI is InChI=1S/C9H9BrFI/c10-5-1-2-7-6-8(11)3-4-9(7)12/h3-4,6H,1-2,5H2. The Kier molecular flexibility index (Phi) is 4.50. The van der Waals surface area contributed by atoms with Crippen molar-refractivity contribution in [2.45, 2.75) is 12.8 Å². The van der Waals surface area contributed by atoms with Crippen LogP contribution in [0.2, 0.25) is 0 Å². The molecule has 0 atom stereocenters. The first-order valence-corrected chi connectivity index (χ1v) is 5.94. The second-order valence-electron chi connectivity index (χ2n) is 2.53. The van der Waals surface area contributed by atoms with E-state index in [-0.39, 0.29) is 5.82 Å². The van der Waals surface area contributed by atoms with Crippen molar-refractivity contribution in [1.29, 1.82) is 0 Å². The fourth-order valence-electron chi connectivity index (χ4n) is 0.992. The van der Waals surface area contributed by atoms with E-state index in [9.17, 15) is 4.39 Å². The van der Waals surface area contributed by atoms with Crippen molar-refractivity contribution < 1.29 is 4.39 Å². The topological polar surface area (TPSA) is 0 Å². The predicted octanol–water partition coefficient (Wildman–Crippen LogP) is 3.76. The molecule has 1 aromatic rings. The zero-order valence-electron chi connectivity index (χ0n) is 6.49. The van der Waals surface area contributed by atoms with Crippen LogP contribution in [0.25, 0.3) is 0 Å². The Balaban J connectivity index is 2.75. The van der Waals surface area contributed by atoms with Gasteiger partial charge < -0.3 is 0 Å². The first kappa shape index (κ1) is 10.4. The maximum Gasteiger partial charge on any atom is 0.123 e. The number of alkyl halides is 1. The van der Waals surface area contributed by atoms with Crippen molar-refractivity contribution in [1.82, 2.24) is 0 Å². The van der Waals surface area contributed by atoms with Gasteiger partial charge in [-0.05, 0) is 59.2 Å². The molecule has 0 nitrogen and oxygen atoms in total. The summed E-state index contributed by atoms with van der Waals surface area (Å²) in [5, 5.41) is 0.972. The van der Waals surface area contributed by atoms with E-state index in [1.165, 1.54) is 6.07 Å². The molecule has 0 aliphatic carbocycles. The van der Waals surface area contributed by atoms with Gasteiger partial charge in [0.25, 0.3) is 0 Å². The largest absolute Gasteiger partial charge is 0.207 e. The predicted molar refractivity (Wildman–Crippen MR) is 61.2 cm³/mol. The smallest absolute Gasteiger partial charge is 0.123 e. The number of halogens is 3. The van der Waals surface area contributed by atoms with E-state index >= 15 is 0 Å². The minimum atomic E-state index is -0.139. The number of benzene rings is 1. The lowest BCUT2D eigenvalue weighted by Crippen LogP contribution is -1.91. The van der Waals surface area contributed by atoms with E-state index in [1.54, 1.807) is 6.07 Å². The lowest BCUT2D eigenvalue weighted by atomic mass is 10.1. The van der Waals surface area contributed by atoms with Crippen molar-refractivity contribution in [3.8, 4) is 0 Å². The van der Waals surface area contributed by atoms with Gasteiger partial charge in [0.15, 0.2) is 0 Å². The molecular weight excluding hydrogens is 334 g/mol. The van der Waals surface area contributed by atoms with Gasteiger partial charge in [-0.1, -0.05) is 15.9 Å². The number of rotatable bonds is 3. The molecule has 0 N–H and O–H groups in total. The molecule has 66 valence electrons. The van der Waals surface area contributed by atoms with Crippen LogP contribution in [-0.4, -0.2) is 5.33 Å². The molecule has 0 amide bonds. The number of hydrogen-bond acceptors (Lipinski definition) is 0. The third-order valence-electron chi connectivity index (χ3n) is 1.59. The van der Waals surface area contributed by atoms with Crippen LogP contribution >= 0.6 is 38.5 Å². The maximum absolute atomic E-state index is 12.8. The average Bonchev–Trinajstić information content (AvgIpc) is 2.07. The summed E-state index contributed by atoms with van der Waals surface area (Å²) in [4.78, 5) is 0. The SMILES string of the molecule is Fc1ccc(I)c(CCCBr)c1. The summed E-state index contributed by atoms with van der Waals surface area (Å²) in [5.41, 5.74) is 1.11. The monoisotopic (exact) mass is 342 g/mol. The van der Waals surface area contributed by atoms with Gasteiger partial charge in [-0.15, -0.1) is 0 Å². The van der Waals surface area contributed by atoms with E-state index in [0.29, 0.717) is 0 Å². The van der Waals surface area contributed by atoms with E-state index in [1.807, 2.05) is 6.07 Å². The van der Waals surface area contributed by atoms with E-state index in [2.05, 4.69) is 38.5 Å². The zero-order valence-corrected chi connectivity index (χ0v) is 10.2. The fourth-order valence-corrected chi connectivity index (χ4v) is 1.88. The molecule has 0 fully saturated rings. The first-order chi connectivity index (χ1) is 5.74. The Bertz CT molecular complexity index is 263. The minimum absolute atomic E-state index is 0.139. The summed E-state index contributed by atoms with van der Waals surface area (Å²) in [6, 6.07) is 4.93. The van der Waals surface area contributed by atoms with Crippen LogP contribution in [0.3, 0.4) is 0 Å². The van der Waals surface area contributed by atoms with Crippen LogP contribution in [-0.2, 0) is 6.42 Å². The molecule has 0 aliphatic heterocycles. The lowest BCUT2D eigenvalue weighted by Gasteiger charge is -2.02. The summed E-state index contributed by atoms with van der Waals surface area (Å²) >= 11 is 5.59. The summed E-state index contributed by atoms with van der Waals surface area (Å²) in [7, 11) is 0. The van der Waals surface area contributed by atoms with Crippen LogP contribution in [0.1, 0.15) is 12.0 Å². The van der Waals surface area contributed by atoms with Crippen LogP contribution in [0.15, 0.2) is 18.2 Å². The van der Waals surface area contributed by atoms with Gasteiger partial charge >= 0.3 is 0 Å². The Labute approximate surface area is 93.8 Å². The second-order valence-corrected chi connectivity index (χ2v) is 4.48. The molecule has 0 bridgehead atoms. The first-order valence-electron chi connectivity index (χ1n) is 3.74. The summed E-state index contributed by atoms with van der Waals surface area (Å²) in [6.45, 7) is 0. The summed E-state index contributed by atoms with van der Waals surface area (Å²) in [5.74, 6) is -0.139. The van der Waals surface area contributed by atoms with E-state index in [4.69, 9.17) is 0 Å². The van der Waals surface area contributed by atoms with Crippen LogP contribution in [0.5, 0.6) is 0 Å².